The Bertz CT molecular complexity index is 460. The van der Waals surface area contributed by atoms with Crippen LogP contribution in [0.5, 0.6) is 11.5 Å². The second kappa shape index (κ2) is 6.44. The quantitative estimate of drug-likeness (QED) is 0.819. The molecule has 2 aromatic carbocycles. The number of hydrogen-bond acceptors (Lipinski definition) is 2. The monoisotopic (exact) mass is 344 g/mol. The molecule has 0 amide bonds. The molecule has 0 heterocycles. The first-order chi connectivity index (χ1) is 8.27. The van der Waals surface area contributed by atoms with Crippen LogP contribution in [0.1, 0.15) is 0 Å². The molecular formula is C12H8Cl2O2Zr. The maximum atomic E-state index is 5.96. The zero-order valence-electron chi connectivity index (χ0n) is 8.69. The minimum atomic E-state index is -1.48. The van der Waals surface area contributed by atoms with Gasteiger partial charge in [-0.05, 0) is 0 Å². The SMILES string of the molecule is Clc1ccccc1[O][Zr][O]c1ccccc1Cl. The number of rotatable bonds is 4. The first-order valence-electron chi connectivity index (χ1n) is 4.85. The summed E-state index contributed by atoms with van der Waals surface area (Å²) < 4.78 is 11.1. The van der Waals surface area contributed by atoms with Gasteiger partial charge in [0.2, 0.25) is 0 Å². The Morgan fingerprint density at radius 2 is 1.12 bits per heavy atom. The van der Waals surface area contributed by atoms with Crippen molar-refractivity contribution >= 4 is 23.2 Å². The van der Waals surface area contributed by atoms with Crippen LogP contribution in [0.4, 0.5) is 0 Å². The number of halogens is 2. The second-order valence-electron chi connectivity index (χ2n) is 3.15. The van der Waals surface area contributed by atoms with Crippen molar-refractivity contribution < 1.29 is 29.7 Å². The third-order valence-electron chi connectivity index (χ3n) is 1.98. The van der Waals surface area contributed by atoms with Gasteiger partial charge in [0.15, 0.2) is 0 Å². The normalized spacial score (nSPS) is 9.76. The standard InChI is InChI=1S/2C6H5ClO.Zr/c2*7-5-3-1-2-4-6(5)8;/h2*1-4,8H;/q;;+2/p-2. The van der Waals surface area contributed by atoms with Crippen LogP contribution in [0.3, 0.4) is 0 Å². The zero-order valence-corrected chi connectivity index (χ0v) is 12.7. The van der Waals surface area contributed by atoms with Gasteiger partial charge in [-0.15, -0.1) is 0 Å². The van der Waals surface area contributed by atoms with Gasteiger partial charge in [0.05, 0.1) is 0 Å². The van der Waals surface area contributed by atoms with Crippen molar-refractivity contribution in [3.05, 3.63) is 58.6 Å². The summed E-state index contributed by atoms with van der Waals surface area (Å²) in [7, 11) is 0. The Kier molecular flexibility index (Phi) is 4.90. The van der Waals surface area contributed by atoms with E-state index in [1.807, 2.05) is 36.4 Å². The Morgan fingerprint density at radius 1 is 0.706 bits per heavy atom. The summed E-state index contributed by atoms with van der Waals surface area (Å²) in [6.07, 6.45) is 0. The van der Waals surface area contributed by atoms with Gasteiger partial charge in [-0.1, -0.05) is 0 Å². The molecule has 0 unspecified atom stereocenters. The van der Waals surface area contributed by atoms with E-state index >= 15 is 0 Å². The van der Waals surface area contributed by atoms with Crippen LogP contribution < -0.4 is 5.63 Å². The molecule has 0 bridgehead atoms. The van der Waals surface area contributed by atoms with Gasteiger partial charge in [0.1, 0.15) is 0 Å². The van der Waals surface area contributed by atoms with Gasteiger partial charge in [-0.25, -0.2) is 0 Å². The van der Waals surface area contributed by atoms with E-state index in [1.54, 1.807) is 12.1 Å². The molecule has 0 aliphatic rings. The van der Waals surface area contributed by atoms with Crippen LogP contribution in [0.25, 0.3) is 0 Å². The molecule has 0 fully saturated rings. The summed E-state index contributed by atoms with van der Waals surface area (Å²) in [5, 5.41) is 1.19. The van der Waals surface area contributed by atoms with Gasteiger partial charge in [0, 0.05) is 0 Å². The molecule has 0 aliphatic heterocycles. The fraction of sp³-hybridized carbons (Fsp3) is 0. The van der Waals surface area contributed by atoms with Gasteiger partial charge in [-0.2, -0.15) is 0 Å². The van der Waals surface area contributed by atoms with Crippen molar-refractivity contribution in [1.29, 1.82) is 0 Å². The van der Waals surface area contributed by atoms with E-state index in [1.165, 1.54) is 0 Å². The summed E-state index contributed by atoms with van der Waals surface area (Å²) in [6.45, 7) is 0. The van der Waals surface area contributed by atoms with Crippen LogP contribution in [0, 0.1) is 0 Å². The van der Waals surface area contributed by atoms with E-state index in [0.29, 0.717) is 21.5 Å². The van der Waals surface area contributed by atoms with E-state index < -0.39 is 24.1 Å². The average Bonchev–Trinajstić information content (AvgIpc) is 2.34. The van der Waals surface area contributed by atoms with Crippen molar-refractivity contribution in [3.63, 3.8) is 0 Å². The van der Waals surface area contributed by atoms with E-state index in [2.05, 4.69) is 0 Å². The second-order valence-corrected chi connectivity index (χ2v) is 5.38. The number of para-hydroxylation sites is 2. The predicted octanol–water partition coefficient (Wildman–Crippen LogP) is 4.36. The first kappa shape index (κ1) is 12.9. The topological polar surface area (TPSA) is 18.5 Å². The number of hydrogen-bond donors (Lipinski definition) is 0. The molecule has 0 atom stereocenters. The summed E-state index contributed by atoms with van der Waals surface area (Å²) in [4.78, 5) is 0. The molecule has 0 aliphatic carbocycles. The Hall–Kier alpha value is -0.497. The molecule has 5 heteroatoms. The minimum absolute atomic E-state index is 0.594. The van der Waals surface area contributed by atoms with Crippen molar-refractivity contribution in [2.45, 2.75) is 0 Å². The summed E-state index contributed by atoms with van der Waals surface area (Å²) in [6, 6.07) is 14.7. The molecule has 86 valence electrons. The fourth-order valence-electron chi connectivity index (χ4n) is 1.17. The van der Waals surface area contributed by atoms with Gasteiger partial charge in [-0.3, -0.25) is 0 Å². The maximum absolute atomic E-state index is 5.96. The van der Waals surface area contributed by atoms with E-state index in [4.69, 9.17) is 28.8 Å². The van der Waals surface area contributed by atoms with E-state index in [0.717, 1.165) is 0 Å². The summed E-state index contributed by atoms with van der Waals surface area (Å²) >= 11 is 10.4. The molecule has 2 aromatic rings. The zero-order chi connectivity index (χ0) is 12.1. The molecule has 2 rings (SSSR count). The Balaban J connectivity index is 1.93. The molecule has 17 heavy (non-hydrogen) atoms. The molecule has 0 N–H and O–H groups in total. The van der Waals surface area contributed by atoms with E-state index in [9.17, 15) is 0 Å². The molecular weight excluding hydrogens is 338 g/mol. The van der Waals surface area contributed by atoms with Crippen molar-refractivity contribution in [3.8, 4) is 11.5 Å². The van der Waals surface area contributed by atoms with Gasteiger partial charge < -0.3 is 0 Å². The van der Waals surface area contributed by atoms with Crippen LogP contribution >= 0.6 is 23.2 Å². The Labute approximate surface area is 122 Å². The van der Waals surface area contributed by atoms with Crippen LogP contribution in [0.15, 0.2) is 48.5 Å². The predicted molar refractivity (Wildman–Crippen MR) is 64.2 cm³/mol. The molecule has 0 saturated carbocycles. The molecule has 2 nitrogen and oxygen atoms in total. The van der Waals surface area contributed by atoms with Crippen LogP contribution in [0.2, 0.25) is 10.0 Å². The molecule has 0 radical (unpaired) electrons. The average molecular weight is 346 g/mol. The van der Waals surface area contributed by atoms with Crippen LogP contribution in [-0.2, 0) is 24.1 Å². The van der Waals surface area contributed by atoms with Crippen LogP contribution in [-0.4, -0.2) is 0 Å². The van der Waals surface area contributed by atoms with Gasteiger partial charge >= 0.3 is 123 Å². The Morgan fingerprint density at radius 3 is 1.53 bits per heavy atom. The third-order valence-corrected chi connectivity index (χ3v) is 4.09. The van der Waals surface area contributed by atoms with E-state index in [-0.39, 0.29) is 0 Å². The number of benzene rings is 2. The third kappa shape index (κ3) is 3.74. The van der Waals surface area contributed by atoms with Gasteiger partial charge in [0.25, 0.3) is 0 Å². The van der Waals surface area contributed by atoms with Crippen molar-refractivity contribution in [1.82, 2.24) is 0 Å². The fourth-order valence-corrected chi connectivity index (χ4v) is 3.25. The molecule has 0 spiro atoms. The van der Waals surface area contributed by atoms with Crippen molar-refractivity contribution in [2.75, 3.05) is 0 Å². The molecule has 0 aromatic heterocycles. The van der Waals surface area contributed by atoms with Crippen molar-refractivity contribution in [2.24, 2.45) is 0 Å². The summed E-state index contributed by atoms with van der Waals surface area (Å²) in [5.41, 5.74) is 0. The first-order valence-corrected chi connectivity index (χ1v) is 7.61. The summed E-state index contributed by atoms with van der Waals surface area (Å²) in [5.74, 6) is 1.32. The molecule has 0 saturated heterocycles.